The number of aryl methyl sites for hydroxylation is 1. The number of unbranched alkanes of at least 4 members (excludes halogenated alkanes) is 1. The summed E-state index contributed by atoms with van der Waals surface area (Å²) in [6.45, 7) is 1.59. The molecule has 0 unspecified atom stereocenters. The highest BCUT2D eigenvalue weighted by atomic mass is 35.5. The Morgan fingerprint density at radius 2 is 2.06 bits per heavy atom. The third-order valence-corrected chi connectivity index (χ3v) is 3.30. The number of hydrogen-bond acceptors (Lipinski definition) is 2. The second-order valence-electron chi connectivity index (χ2n) is 4.06. The first-order valence-electron chi connectivity index (χ1n) is 5.89. The standard InChI is InChI=1S/C13H15Cl2N3/c14-10-3-4-12(15)11(9-10)13-17-6-8-18(13)7-2-1-5-16/h3-4,6,8-9H,1-2,5,7,16H2. The molecule has 0 aliphatic rings. The predicted molar refractivity (Wildman–Crippen MR) is 76.0 cm³/mol. The van der Waals surface area contributed by atoms with Crippen LogP contribution in [0, 0.1) is 0 Å². The van der Waals surface area contributed by atoms with Crippen LogP contribution in [-0.4, -0.2) is 16.1 Å². The van der Waals surface area contributed by atoms with Crippen LogP contribution in [0.25, 0.3) is 11.4 Å². The van der Waals surface area contributed by atoms with E-state index in [-0.39, 0.29) is 0 Å². The number of nitrogens with two attached hydrogens (primary N) is 1. The van der Waals surface area contributed by atoms with Gasteiger partial charge >= 0.3 is 0 Å². The lowest BCUT2D eigenvalue weighted by atomic mass is 10.2. The van der Waals surface area contributed by atoms with Gasteiger partial charge in [0.25, 0.3) is 0 Å². The Hall–Kier alpha value is -1.03. The second kappa shape index (κ2) is 6.23. The molecule has 1 aromatic heterocycles. The minimum Gasteiger partial charge on any atom is -0.331 e. The van der Waals surface area contributed by atoms with Gasteiger partial charge in [0.2, 0.25) is 0 Å². The quantitative estimate of drug-likeness (QED) is 0.852. The summed E-state index contributed by atoms with van der Waals surface area (Å²) in [5.74, 6) is 0.847. The molecule has 0 fully saturated rings. The summed E-state index contributed by atoms with van der Waals surface area (Å²) in [5.41, 5.74) is 6.36. The van der Waals surface area contributed by atoms with Gasteiger partial charge in [-0.3, -0.25) is 0 Å². The molecular formula is C13H15Cl2N3. The van der Waals surface area contributed by atoms with Crippen LogP contribution >= 0.6 is 23.2 Å². The lowest BCUT2D eigenvalue weighted by Gasteiger charge is -2.09. The number of hydrogen-bond donors (Lipinski definition) is 1. The molecule has 2 N–H and O–H groups in total. The Bertz CT molecular complexity index is 523. The predicted octanol–water partition coefficient (Wildman–Crippen LogP) is 3.60. The maximum Gasteiger partial charge on any atom is 0.141 e. The van der Waals surface area contributed by atoms with Crippen molar-refractivity contribution < 1.29 is 0 Å². The van der Waals surface area contributed by atoms with Gasteiger partial charge < -0.3 is 10.3 Å². The summed E-state index contributed by atoms with van der Waals surface area (Å²) in [6, 6.07) is 5.40. The molecule has 0 aliphatic carbocycles. The fraction of sp³-hybridized carbons (Fsp3) is 0.308. The summed E-state index contributed by atoms with van der Waals surface area (Å²) < 4.78 is 2.08. The molecule has 3 nitrogen and oxygen atoms in total. The van der Waals surface area contributed by atoms with Crippen molar-refractivity contribution in [2.45, 2.75) is 19.4 Å². The van der Waals surface area contributed by atoms with E-state index >= 15 is 0 Å². The first-order valence-corrected chi connectivity index (χ1v) is 6.64. The summed E-state index contributed by atoms with van der Waals surface area (Å²) in [5, 5.41) is 1.32. The molecule has 18 heavy (non-hydrogen) atoms. The third kappa shape index (κ3) is 3.05. The fourth-order valence-electron chi connectivity index (χ4n) is 1.83. The molecular weight excluding hydrogens is 269 g/mol. The van der Waals surface area contributed by atoms with Crippen molar-refractivity contribution in [3.63, 3.8) is 0 Å². The topological polar surface area (TPSA) is 43.8 Å². The molecule has 2 rings (SSSR count). The molecule has 0 aliphatic heterocycles. The molecule has 1 heterocycles. The number of nitrogens with zero attached hydrogens (tertiary/aromatic N) is 2. The number of halogens is 2. The SMILES string of the molecule is NCCCCn1ccnc1-c1cc(Cl)ccc1Cl. The van der Waals surface area contributed by atoms with Crippen LogP contribution in [0.15, 0.2) is 30.6 Å². The minimum absolute atomic E-state index is 0.658. The zero-order valence-electron chi connectivity index (χ0n) is 9.94. The highest BCUT2D eigenvalue weighted by Gasteiger charge is 2.10. The number of benzene rings is 1. The first-order chi connectivity index (χ1) is 8.72. The van der Waals surface area contributed by atoms with Gasteiger partial charge in [0.1, 0.15) is 5.82 Å². The second-order valence-corrected chi connectivity index (χ2v) is 4.91. The fourth-order valence-corrected chi connectivity index (χ4v) is 2.20. The average Bonchev–Trinajstić information content (AvgIpc) is 2.81. The van der Waals surface area contributed by atoms with Gasteiger partial charge in [-0.15, -0.1) is 0 Å². The average molecular weight is 284 g/mol. The molecule has 0 saturated heterocycles. The summed E-state index contributed by atoms with van der Waals surface area (Å²) >= 11 is 12.2. The maximum atomic E-state index is 6.19. The molecule has 0 amide bonds. The molecule has 5 heteroatoms. The van der Waals surface area contributed by atoms with Gasteiger partial charge in [0.05, 0.1) is 5.02 Å². The molecule has 2 aromatic rings. The Morgan fingerprint density at radius 1 is 1.22 bits per heavy atom. The van der Waals surface area contributed by atoms with Crippen LogP contribution in [0.4, 0.5) is 0 Å². The van der Waals surface area contributed by atoms with Crippen LogP contribution in [0.3, 0.4) is 0 Å². The van der Waals surface area contributed by atoms with Crippen LogP contribution in [0.1, 0.15) is 12.8 Å². The van der Waals surface area contributed by atoms with Gasteiger partial charge in [-0.1, -0.05) is 23.2 Å². The zero-order chi connectivity index (χ0) is 13.0. The Balaban J connectivity index is 2.27. The minimum atomic E-state index is 0.658. The Kier molecular flexibility index (Phi) is 4.64. The molecule has 0 radical (unpaired) electrons. The Morgan fingerprint density at radius 3 is 2.83 bits per heavy atom. The van der Waals surface area contributed by atoms with E-state index in [0.29, 0.717) is 16.6 Å². The van der Waals surface area contributed by atoms with Crippen molar-refractivity contribution in [3.8, 4) is 11.4 Å². The largest absolute Gasteiger partial charge is 0.331 e. The number of imidazole rings is 1. The summed E-state index contributed by atoms with van der Waals surface area (Å²) in [7, 11) is 0. The van der Waals surface area contributed by atoms with E-state index in [4.69, 9.17) is 28.9 Å². The smallest absolute Gasteiger partial charge is 0.141 e. The van der Waals surface area contributed by atoms with E-state index in [1.165, 1.54) is 0 Å². The van der Waals surface area contributed by atoms with Gasteiger partial charge in [-0.05, 0) is 37.6 Å². The Labute approximate surface area is 117 Å². The van der Waals surface area contributed by atoms with E-state index in [9.17, 15) is 0 Å². The molecule has 96 valence electrons. The number of aromatic nitrogens is 2. The van der Waals surface area contributed by atoms with Crippen molar-refractivity contribution in [1.29, 1.82) is 0 Å². The van der Waals surface area contributed by atoms with Gasteiger partial charge in [0.15, 0.2) is 0 Å². The molecule has 0 spiro atoms. The highest BCUT2D eigenvalue weighted by molar-refractivity contribution is 6.35. The van der Waals surface area contributed by atoms with Gasteiger partial charge in [-0.2, -0.15) is 0 Å². The van der Waals surface area contributed by atoms with Gasteiger partial charge in [0, 0.05) is 29.5 Å². The normalized spacial score (nSPS) is 10.8. The lowest BCUT2D eigenvalue weighted by molar-refractivity contribution is 0.619. The van der Waals surface area contributed by atoms with Crippen molar-refractivity contribution in [3.05, 3.63) is 40.6 Å². The first kappa shape index (κ1) is 13.4. The van der Waals surface area contributed by atoms with Crippen molar-refractivity contribution in [2.75, 3.05) is 6.54 Å². The molecule has 0 saturated carbocycles. The monoisotopic (exact) mass is 283 g/mol. The van der Waals surface area contributed by atoms with Crippen molar-refractivity contribution in [2.24, 2.45) is 5.73 Å². The van der Waals surface area contributed by atoms with E-state index in [1.807, 2.05) is 12.3 Å². The van der Waals surface area contributed by atoms with E-state index in [1.54, 1.807) is 18.3 Å². The highest BCUT2D eigenvalue weighted by Crippen LogP contribution is 2.29. The van der Waals surface area contributed by atoms with E-state index in [0.717, 1.165) is 30.8 Å². The van der Waals surface area contributed by atoms with E-state index in [2.05, 4.69) is 9.55 Å². The maximum absolute atomic E-state index is 6.19. The van der Waals surface area contributed by atoms with Crippen LogP contribution in [-0.2, 0) is 6.54 Å². The van der Waals surface area contributed by atoms with Gasteiger partial charge in [-0.25, -0.2) is 4.98 Å². The van der Waals surface area contributed by atoms with Crippen LogP contribution < -0.4 is 5.73 Å². The summed E-state index contributed by atoms with van der Waals surface area (Å²) in [6.07, 6.45) is 5.75. The van der Waals surface area contributed by atoms with Crippen molar-refractivity contribution in [1.82, 2.24) is 9.55 Å². The number of rotatable bonds is 5. The van der Waals surface area contributed by atoms with Crippen LogP contribution in [0.5, 0.6) is 0 Å². The van der Waals surface area contributed by atoms with Crippen LogP contribution in [0.2, 0.25) is 10.0 Å². The molecule has 0 bridgehead atoms. The van der Waals surface area contributed by atoms with Crippen molar-refractivity contribution >= 4 is 23.2 Å². The molecule has 1 aromatic carbocycles. The third-order valence-electron chi connectivity index (χ3n) is 2.74. The molecule has 0 atom stereocenters. The zero-order valence-corrected chi connectivity index (χ0v) is 11.5. The lowest BCUT2D eigenvalue weighted by Crippen LogP contribution is -2.04. The summed E-state index contributed by atoms with van der Waals surface area (Å²) in [4.78, 5) is 4.36. The van der Waals surface area contributed by atoms with E-state index < -0.39 is 0 Å².